The highest BCUT2D eigenvalue weighted by Crippen LogP contribution is 2.17. The minimum Gasteiger partial charge on any atom is -0.492 e. The maximum Gasteiger partial charge on any atom is 0.219 e. The van der Waals surface area contributed by atoms with Gasteiger partial charge in [0.25, 0.3) is 0 Å². The van der Waals surface area contributed by atoms with Crippen LogP contribution >= 0.6 is 0 Å². The van der Waals surface area contributed by atoms with Crippen LogP contribution in [0.5, 0.6) is 5.75 Å². The molecule has 0 saturated carbocycles. The van der Waals surface area contributed by atoms with Crippen LogP contribution < -0.4 is 9.64 Å². The molecule has 1 aliphatic heterocycles. The number of halogens is 1. The summed E-state index contributed by atoms with van der Waals surface area (Å²) in [5.41, 5.74) is 0.978. The first kappa shape index (κ1) is 22.0. The summed E-state index contributed by atoms with van der Waals surface area (Å²) in [6.07, 6.45) is 2.38. The minimum atomic E-state index is -0.274. The van der Waals surface area contributed by atoms with Crippen LogP contribution in [0.2, 0.25) is 0 Å². The Hall–Kier alpha value is -2.74. The van der Waals surface area contributed by atoms with Crippen molar-refractivity contribution in [2.75, 3.05) is 58.3 Å². The molecule has 1 aliphatic rings. The normalized spacial score (nSPS) is 17.5. The first-order chi connectivity index (χ1) is 14.4. The fourth-order valence-electron chi connectivity index (χ4n) is 3.66. The van der Waals surface area contributed by atoms with Gasteiger partial charge in [0.15, 0.2) is 0 Å². The molecule has 0 N–H and O–H groups in total. The van der Waals surface area contributed by atoms with Crippen LogP contribution in [-0.2, 0) is 11.2 Å². The molecule has 162 valence electrons. The van der Waals surface area contributed by atoms with Gasteiger partial charge in [-0.1, -0.05) is 0 Å². The molecule has 2 heterocycles. The Morgan fingerprint density at radius 2 is 1.97 bits per heavy atom. The van der Waals surface area contributed by atoms with E-state index in [9.17, 15) is 9.18 Å². The van der Waals surface area contributed by atoms with Gasteiger partial charge in [0.1, 0.15) is 30.3 Å². The van der Waals surface area contributed by atoms with Crippen LogP contribution in [0.15, 0.2) is 36.7 Å². The summed E-state index contributed by atoms with van der Waals surface area (Å²) in [5, 5.41) is 0. The Kier molecular flexibility index (Phi) is 7.57. The van der Waals surface area contributed by atoms with Gasteiger partial charge in [0, 0.05) is 65.5 Å². The van der Waals surface area contributed by atoms with Gasteiger partial charge >= 0.3 is 0 Å². The summed E-state index contributed by atoms with van der Waals surface area (Å²) in [6.45, 7) is 5.96. The summed E-state index contributed by atoms with van der Waals surface area (Å²) in [7, 11) is 3.91. The molecule has 1 fully saturated rings. The molecule has 0 bridgehead atoms. The SMILES string of the molecule is CC(=O)N1CCN(CCOc2ccc(F)cc2)CC(Cc2cc(N(C)C)ncn2)C1. The van der Waals surface area contributed by atoms with Gasteiger partial charge in [-0.2, -0.15) is 0 Å². The summed E-state index contributed by atoms with van der Waals surface area (Å²) >= 11 is 0. The minimum absolute atomic E-state index is 0.0982. The van der Waals surface area contributed by atoms with Crippen LogP contribution in [-0.4, -0.2) is 79.1 Å². The van der Waals surface area contributed by atoms with Gasteiger partial charge in [-0.05, 0) is 36.6 Å². The number of benzene rings is 1. The second-order valence-electron chi connectivity index (χ2n) is 7.90. The molecule has 3 rings (SSSR count). The highest BCUT2D eigenvalue weighted by atomic mass is 19.1. The molecule has 1 saturated heterocycles. The zero-order valence-electron chi connectivity index (χ0n) is 17.9. The number of hydrogen-bond acceptors (Lipinski definition) is 6. The molecule has 1 aromatic carbocycles. The van der Waals surface area contributed by atoms with Gasteiger partial charge in [0.2, 0.25) is 5.91 Å². The summed E-state index contributed by atoms with van der Waals surface area (Å²) in [6, 6.07) is 8.06. The third-order valence-corrected chi connectivity index (χ3v) is 5.28. The molecule has 1 unspecified atom stereocenters. The lowest BCUT2D eigenvalue weighted by molar-refractivity contribution is -0.129. The van der Waals surface area contributed by atoms with E-state index in [1.54, 1.807) is 25.4 Å². The van der Waals surface area contributed by atoms with E-state index in [0.29, 0.717) is 25.4 Å². The van der Waals surface area contributed by atoms with E-state index >= 15 is 0 Å². The van der Waals surface area contributed by atoms with Crippen molar-refractivity contribution in [2.45, 2.75) is 13.3 Å². The van der Waals surface area contributed by atoms with Gasteiger partial charge in [-0.15, -0.1) is 0 Å². The number of ether oxygens (including phenoxy) is 1. The first-order valence-corrected chi connectivity index (χ1v) is 10.2. The molecule has 8 heteroatoms. The van der Waals surface area contributed by atoms with E-state index in [0.717, 1.165) is 37.6 Å². The van der Waals surface area contributed by atoms with Crippen LogP contribution in [0.4, 0.5) is 10.2 Å². The number of rotatable bonds is 7. The highest BCUT2D eigenvalue weighted by molar-refractivity contribution is 5.73. The lowest BCUT2D eigenvalue weighted by Crippen LogP contribution is -2.35. The molecule has 1 atom stereocenters. The van der Waals surface area contributed by atoms with E-state index in [4.69, 9.17) is 4.74 Å². The third kappa shape index (κ3) is 6.38. The van der Waals surface area contributed by atoms with Crippen molar-refractivity contribution in [3.05, 3.63) is 48.2 Å². The average molecular weight is 416 g/mol. The molecule has 1 aromatic heterocycles. The zero-order chi connectivity index (χ0) is 21.5. The van der Waals surface area contributed by atoms with Crippen LogP contribution in [0.3, 0.4) is 0 Å². The summed E-state index contributed by atoms with van der Waals surface area (Å²) < 4.78 is 18.8. The molecule has 30 heavy (non-hydrogen) atoms. The monoisotopic (exact) mass is 415 g/mol. The second-order valence-corrected chi connectivity index (χ2v) is 7.90. The van der Waals surface area contributed by atoms with Crippen molar-refractivity contribution in [1.29, 1.82) is 0 Å². The zero-order valence-corrected chi connectivity index (χ0v) is 17.9. The van der Waals surface area contributed by atoms with E-state index in [1.165, 1.54) is 12.1 Å². The van der Waals surface area contributed by atoms with E-state index in [-0.39, 0.29) is 17.6 Å². The van der Waals surface area contributed by atoms with Crippen molar-refractivity contribution in [3.63, 3.8) is 0 Å². The Morgan fingerprint density at radius 1 is 1.20 bits per heavy atom. The number of hydrogen-bond donors (Lipinski definition) is 0. The van der Waals surface area contributed by atoms with Crippen LogP contribution in [0.1, 0.15) is 12.6 Å². The molecule has 0 radical (unpaired) electrons. The van der Waals surface area contributed by atoms with Gasteiger partial charge in [0.05, 0.1) is 0 Å². The standard InChI is InChI=1S/C22H30FN5O2/c1-17(29)28-9-8-27(10-11-30-21-6-4-19(23)5-7-21)14-18(15-28)12-20-13-22(26(2)3)25-16-24-20/h4-7,13,16,18H,8-12,14-15H2,1-3H3. The van der Waals surface area contributed by atoms with Crippen molar-refractivity contribution >= 4 is 11.7 Å². The van der Waals surface area contributed by atoms with E-state index in [1.807, 2.05) is 30.0 Å². The lowest BCUT2D eigenvalue weighted by Gasteiger charge is -2.24. The maximum atomic E-state index is 13.0. The fourth-order valence-corrected chi connectivity index (χ4v) is 3.66. The molecule has 0 aliphatic carbocycles. The Morgan fingerprint density at radius 3 is 2.67 bits per heavy atom. The number of carbonyl (C=O) groups excluding carboxylic acids is 1. The van der Waals surface area contributed by atoms with Crippen LogP contribution in [0, 0.1) is 11.7 Å². The number of amides is 1. The highest BCUT2D eigenvalue weighted by Gasteiger charge is 2.25. The molecular formula is C22H30FN5O2. The van der Waals surface area contributed by atoms with E-state index < -0.39 is 0 Å². The Balaban J connectivity index is 1.61. The number of aromatic nitrogens is 2. The number of nitrogens with zero attached hydrogens (tertiary/aromatic N) is 5. The summed E-state index contributed by atoms with van der Waals surface area (Å²) in [5.74, 6) is 1.63. The van der Waals surface area contributed by atoms with Gasteiger partial charge in [-0.25, -0.2) is 14.4 Å². The topological polar surface area (TPSA) is 61.8 Å². The van der Waals surface area contributed by atoms with Gasteiger partial charge in [-0.3, -0.25) is 9.69 Å². The number of carbonyl (C=O) groups is 1. The van der Waals surface area contributed by atoms with Gasteiger partial charge < -0.3 is 14.5 Å². The summed E-state index contributed by atoms with van der Waals surface area (Å²) in [4.78, 5) is 27.0. The van der Waals surface area contributed by atoms with E-state index in [2.05, 4.69) is 14.9 Å². The first-order valence-electron chi connectivity index (χ1n) is 10.2. The predicted molar refractivity (Wildman–Crippen MR) is 114 cm³/mol. The van der Waals surface area contributed by atoms with Crippen molar-refractivity contribution in [2.24, 2.45) is 5.92 Å². The van der Waals surface area contributed by atoms with Crippen molar-refractivity contribution in [3.8, 4) is 5.75 Å². The smallest absolute Gasteiger partial charge is 0.219 e. The Bertz CT molecular complexity index is 831. The molecule has 1 amide bonds. The average Bonchev–Trinajstić information content (AvgIpc) is 2.92. The quantitative estimate of drug-likeness (QED) is 0.690. The largest absolute Gasteiger partial charge is 0.492 e. The van der Waals surface area contributed by atoms with Crippen molar-refractivity contribution in [1.82, 2.24) is 19.8 Å². The molecule has 2 aromatic rings. The Labute approximate surface area is 177 Å². The fraction of sp³-hybridized carbons (Fsp3) is 0.500. The number of anilines is 1. The van der Waals surface area contributed by atoms with Crippen molar-refractivity contribution < 1.29 is 13.9 Å². The lowest BCUT2D eigenvalue weighted by atomic mass is 10.0. The molecule has 7 nitrogen and oxygen atoms in total. The maximum absolute atomic E-state index is 13.0. The molecule has 0 spiro atoms. The van der Waals surface area contributed by atoms with Crippen LogP contribution in [0.25, 0.3) is 0 Å². The third-order valence-electron chi connectivity index (χ3n) is 5.28. The predicted octanol–water partition coefficient (Wildman–Crippen LogP) is 2.08. The molecular weight excluding hydrogens is 385 g/mol. The second kappa shape index (κ2) is 10.3.